The molecule has 2 fully saturated rings. The Hall–Kier alpha value is -3.82. The van der Waals surface area contributed by atoms with Gasteiger partial charge in [-0.25, -0.2) is 9.59 Å². The first kappa shape index (κ1) is 28.2. The van der Waals surface area contributed by atoms with Crippen LogP contribution in [0.4, 0.5) is 29.3 Å². The number of halogens is 5. The first-order valence-electron chi connectivity index (χ1n) is 11.2. The standard InChI is InChI=1S/C24H18Cl2N4O2.C2HF3O2/c25-18-4-8-20(9-5-18)29-22(31)30(21-10-6-19(26)7-11-21)24(32,23(29)14-28-15-23)17-3-1-2-16(12-17)13-27;3-2(4,5)1(6)7/h1-12,28,32H,14-15H2;(H,6,7). The normalized spacial score (nSPS) is 19.7. The zero-order valence-corrected chi connectivity index (χ0v) is 21.3. The molecule has 2 aliphatic heterocycles. The van der Waals surface area contributed by atoms with Gasteiger partial charge in [0, 0.05) is 40.1 Å². The largest absolute Gasteiger partial charge is 0.490 e. The highest BCUT2D eigenvalue weighted by molar-refractivity contribution is 6.31. The van der Waals surface area contributed by atoms with Crippen molar-refractivity contribution in [2.75, 3.05) is 22.9 Å². The van der Waals surface area contributed by atoms with Crippen LogP contribution in [-0.2, 0) is 10.5 Å². The Balaban J connectivity index is 0.000000448. The van der Waals surface area contributed by atoms with Gasteiger partial charge in [0.2, 0.25) is 0 Å². The summed E-state index contributed by atoms with van der Waals surface area (Å²) in [5.41, 5.74) is -0.801. The summed E-state index contributed by atoms with van der Waals surface area (Å²) >= 11 is 12.2. The van der Waals surface area contributed by atoms with Gasteiger partial charge in [0.25, 0.3) is 0 Å². The van der Waals surface area contributed by atoms with Gasteiger partial charge in [-0.2, -0.15) is 18.4 Å². The van der Waals surface area contributed by atoms with Gasteiger partial charge in [-0.1, -0.05) is 35.3 Å². The van der Waals surface area contributed by atoms with Crippen molar-refractivity contribution in [1.82, 2.24) is 5.32 Å². The summed E-state index contributed by atoms with van der Waals surface area (Å²) in [6.45, 7) is 0.720. The van der Waals surface area contributed by atoms with Crippen molar-refractivity contribution >= 4 is 46.6 Å². The van der Waals surface area contributed by atoms with E-state index in [1.807, 2.05) is 0 Å². The zero-order valence-electron chi connectivity index (χ0n) is 19.8. The molecule has 2 amide bonds. The van der Waals surface area contributed by atoms with Crippen LogP contribution in [0.25, 0.3) is 0 Å². The average molecular weight is 579 g/mol. The summed E-state index contributed by atoms with van der Waals surface area (Å²) in [6.07, 6.45) is -5.08. The SMILES string of the molecule is N#Cc1cccc(C2(O)N(c3ccc(Cl)cc3)C(=O)N(c3ccc(Cl)cc3)C23CNC3)c1.O=C(O)C(F)(F)F. The maximum atomic E-state index is 14.0. The molecular weight excluding hydrogens is 560 g/mol. The molecule has 0 aliphatic carbocycles. The zero-order chi connectivity index (χ0) is 28.6. The van der Waals surface area contributed by atoms with Gasteiger partial charge in [-0.05, 0) is 60.7 Å². The van der Waals surface area contributed by atoms with Crippen molar-refractivity contribution in [1.29, 1.82) is 5.26 Å². The Bertz CT molecular complexity index is 1440. The lowest BCUT2D eigenvalue weighted by atomic mass is 9.75. The molecule has 202 valence electrons. The fourth-order valence-corrected chi connectivity index (χ4v) is 4.84. The Labute approximate surface area is 230 Å². The van der Waals surface area contributed by atoms with E-state index >= 15 is 0 Å². The number of alkyl halides is 3. The minimum Gasteiger partial charge on any atom is -0.475 e. The number of carboxylic acid groups (broad SMARTS) is 1. The number of nitrogens with one attached hydrogen (secondary N) is 1. The minimum atomic E-state index is -5.08. The van der Waals surface area contributed by atoms with Crippen LogP contribution in [0, 0.1) is 11.3 Å². The molecule has 1 atom stereocenters. The number of aliphatic carboxylic acids is 1. The second kappa shape index (κ2) is 10.4. The third-order valence-corrected chi connectivity index (χ3v) is 6.93. The molecule has 1 unspecified atom stereocenters. The molecule has 2 saturated heterocycles. The number of carbonyl (C=O) groups excluding carboxylic acids is 1. The van der Waals surface area contributed by atoms with Crippen molar-refractivity contribution in [3.05, 3.63) is 94.0 Å². The van der Waals surface area contributed by atoms with E-state index in [0.717, 1.165) is 0 Å². The van der Waals surface area contributed by atoms with Crippen LogP contribution in [0.15, 0.2) is 72.8 Å². The predicted octanol–water partition coefficient (Wildman–Crippen LogP) is 5.13. The molecule has 3 aromatic rings. The van der Waals surface area contributed by atoms with Crippen LogP contribution < -0.4 is 15.1 Å². The lowest BCUT2D eigenvalue weighted by Crippen LogP contribution is -2.76. The smallest absolute Gasteiger partial charge is 0.475 e. The van der Waals surface area contributed by atoms with Crippen molar-refractivity contribution in [3.8, 4) is 6.07 Å². The maximum Gasteiger partial charge on any atom is 0.490 e. The van der Waals surface area contributed by atoms with E-state index in [2.05, 4.69) is 11.4 Å². The number of hydrogen-bond donors (Lipinski definition) is 3. The number of hydrogen-bond acceptors (Lipinski definition) is 5. The van der Waals surface area contributed by atoms with E-state index in [9.17, 15) is 28.3 Å². The summed E-state index contributed by atoms with van der Waals surface area (Å²) in [5.74, 6) is -2.76. The van der Waals surface area contributed by atoms with Gasteiger partial charge in [0.1, 0.15) is 5.54 Å². The van der Waals surface area contributed by atoms with Crippen molar-refractivity contribution < 1.29 is 33.0 Å². The topological polar surface area (TPSA) is 117 Å². The average Bonchev–Trinajstić information content (AvgIpc) is 3.09. The van der Waals surface area contributed by atoms with Gasteiger partial charge in [0.15, 0.2) is 5.72 Å². The number of amides is 2. The highest BCUT2D eigenvalue weighted by atomic mass is 35.5. The highest BCUT2D eigenvalue weighted by Gasteiger charge is 2.71. The second-order valence-corrected chi connectivity index (χ2v) is 9.58. The van der Waals surface area contributed by atoms with Gasteiger partial charge >= 0.3 is 18.2 Å². The van der Waals surface area contributed by atoms with E-state index in [1.165, 1.54) is 4.90 Å². The molecule has 3 aromatic carbocycles. The summed E-state index contributed by atoms with van der Waals surface area (Å²) in [5, 5.41) is 33.3. The number of rotatable bonds is 3. The number of benzene rings is 3. The summed E-state index contributed by atoms with van der Waals surface area (Å²) in [6, 6.07) is 22.2. The Morgan fingerprint density at radius 1 is 0.949 bits per heavy atom. The number of aliphatic hydroxyl groups is 1. The van der Waals surface area contributed by atoms with Crippen molar-refractivity contribution in [2.45, 2.75) is 17.4 Å². The van der Waals surface area contributed by atoms with Crippen LogP contribution in [0.3, 0.4) is 0 Å². The number of nitrogens with zero attached hydrogens (tertiary/aromatic N) is 3. The van der Waals surface area contributed by atoms with Crippen LogP contribution in [0.1, 0.15) is 11.1 Å². The molecule has 39 heavy (non-hydrogen) atoms. The maximum absolute atomic E-state index is 14.0. The number of nitriles is 1. The summed E-state index contributed by atoms with van der Waals surface area (Å²) in [4.78, 5) is 25.9. The summed E-state index contributed by atoms with van der Waals surface area (Å²) in [7, 11) is 0. The van der Waals surface area contributed by atoms with Crippen molar-refractivity contribution in [3.63, 3.8) is 0 Å². The molecular formula is C26H19Cl2F3N4O4. The van der Waals surface area contributed by atoms with Gasteiger partial charge in [-0.15, -0.1) is 0 Å². The second-order valence-electron chi connectivity index (χ2n) is 8.71. The molecule has 0 radical (unpaired) electrons. The first-order valence-corrected chi connectivity index (χ1v) is 12.0. The molecule has 0 aromatic heterocycles. The lowest BCUT2D eigenvalue weighted by molar-refractivity contribution is -0.192. The van der Waals surface area contributed by atoms with Crippen LogP contribution >= 0.6 is 23.2 Å². The lowest BCUT2D eigenvalue weighted by Gasteiger charge is -2.52. The Morgan fingerprint density at radius 3 is 1.85 bits per heavy atom. The van der Waals surface area contributed by atoms with Gasteiger partial charge in [-0.3, -0.25) is 9.80 Å². The van der Waals surface area contributed by atoms with Gasteiger partial charge in [0.05, 0.1) is 11.6 Å². The molecule has 0 bridgehead atoms. The Kier molecular flexibility index (Phi) is 7.51. The number of urea groups is 1. The van der Waals surface area contributed by atoms with E-state index in [-0.39, 0.29) is 6.03 Å². The van der Waals surface area contributed by atoms with Crippen LogP contribution in [-0.4, -0.2) is 47.0 Å². The van der Waals surface area contributed by atoms with Crippen LogP contribution in [0.2, 0.25) is 10.0 Å². The summed E-state index contributed by atoms with van der Waals surface area (Å²) < 4.78 is 31.7. The van der Waals surface area contributed by atoms with Crippen molar-refractivity contribution in [2.24, 2.45) is 0 Å². The quantitative estimate of drug-likeness (QED) is 0.396. The predicted molar refractivity (Wildman–Crippen MR) is 138 cm³/mol. The molecule has 2 heterocycles. The van der Waals surface area contributed by atoms with E-state index in [1.54, 1.807) is 77.7 Å². The molecule has 5 rings (SSSR count). The highest BCUT2D eigenvalue weighted by Crippen LogP contribution is 2.52. The molecule has 3 N–H and O–H groups in total. The molecule has 1 spiro atoms. The number of carbonyl (C=O) groups is 2. The molecule has 2 aliphatic rings. The molecule has 8 nitrogen and oxygen atoms in total. The number of anilines is 2. The van der Waals surface area contributed by atoms with Gasteiger partial charge < -0.3 is 15.5 Å². The van der Waals surface area contributed by atoms with E-state index in [0.29, 0.717) is 45.6 Å². The third-order valence-electron chi connectivity index (χ3n) is 6.42. The fraction of sp³-hybridized carbons (Fsp3) is 0.192. The van der Waals surface area contributed by atoms with E-state index in [4.69, 9.17) is 33.1 Å². The molecule has 13 heteroatoms. The minimum absolute atomic E-state index is 0.360. The van der Waals surface area contributed by atoms with Crippen LogP contribution in [0.5, 0.6) is 0 Å². The Morgan fingerprint density at radius 2 is 1.44 bits per heavy atom. The third kappa shape index (κ3) is 4.88. The van der Waals surface area contributed by atoms with E-state index < -0.39 is 23.4 Å². The number of carboxylic acids is 1. The fourth-order valence-electron chi connectivity index (χ4n) is 4.59. The monoisotopic (exact) mass is 578 g/mol. The molecule has 0 saturated carbocycles. The first-order chi connectivity index (χ1) is 18.3.